The zero-order valence-electron chi connectivity index (χ0n) is 10.7. The Morgan fingerprint density at radius 2 is 1.84 bits per heavy atom. The molecule has 0 N–H and O–H groups in total. The molecule has 1 aromatic heterocycles. The number of rotatable bonds is 2. The van der Waals surface area contributed by atoms with Crippen LogP contribution < -0.4 is 4.90 Å². The van der Waals surface area contributed by atoms with Crippen molar-refractivity contribution in [2.24, 2.45) is 0 Å². The van der Waals surface area contributed by atoms with Crippen molar-refractivity contribution >= 4 is 17.4 Å². The zero-order valence-corrected chi connectivity index (χ0v) is 11.4. The number of pyridine rings is 1. The average molecular weight is 293 g/mol. The van der Waals surface area contributed by atoms with Gasteiger partial charge in [-0.1, -0.05) is 30.9 Å². The fraction of sp³-hybridized carbons (Fsp3) is 0.615. The first-order valence-corrected chi connectivity index (χ1v) is 6.73. The van der Waals surface area contributed by atoms with Crippen LogP contribution in [0, 0.1) is 0 Å². The van der Waals surface area contributed by atoms with E-state index in [-0.39, 0.29) is 11.2 Å². The maximum absolute atomic E-state index is 12.7. The van der Waals surface area contributed by atoms with Crippen molar-refractivity contribution in [3.05, 3.63) is 22.8 Å². The molecule has 19 heavy (non-hydrogen) atoms. The van der Waals surface area contributed by atoms with Gasteiger partial charge in [-0.15, -0.1) is 0 Å². The van der Waals surface area contributed by atoms with E-state index in [4.69, 9.17) is 11.6 Å². The first kappa shape index (κ1) is 14.4. The second kappa shape index (κ2) is 5.57. The first-order valence-electron chi connectivity index (χ1n) is 6.35. The summed E-state index contributed by atoms with van der Waals surface area (Å²) in [7, 11) is 1.79. The molecule has 2 nitrogen and oxygen atoms in total. The van der Waals surface area contributed by atoms with E-state index in [1.807, 2.05) is 4.90 Å². The van der Waals surface area contributed by atoms with Crippen LogP contribution in [0.2, 0.25) is 5.15 Å². The number of hydrogen-bond donors (Lipinski definition) is 0. The Bertz CT molecular complexity index is 442. The van der Waals surface area contributed by atoms with Crippen molar-refractivity contribution in [2.45, 2.75) is 44.3 Å². The van der Waals surface area contributed by atoms with Crippen molar-refractivity contribution in [1.82, 2.24) is 4.98 Å². The van der Waals surface area contributed by atoms with Crippen LogP contribution in [-0.2, 0) is 6.18 Å². The van der Waals surface area contributed by atoms with Gasteiger partial charge in [0, 0.05) is 13.1 Å². The van der Waals surface area contributed by atoms with Crippen LogP contribution in [0.4, 0.5) is 19.0 Å². The minimum atomic E-state index is -4.39. The average Bonchev–Trinajstić information content (AvgIpc) is 2.37. The Kier molecular flexibility index (Phi) is 4.23. The van der Waals surface area contributed by atoms with Gasteiger partial charge < -0.3 is 4.90 Å². The Morgan fingerprint density at radius 3 is 2.42 bits per heavy atom. The molecule has 1 aromatic rings. The highest BCUT2D eigenvalue weighted by Gasteiger charge is 2.32. The van der Waals surface area contributed by atoms with Crippen LogP contribution in [0.3, 0.4) is 0 Å². The normalized spacial score (nSPS) is 17.5. The molecule has 2 rings (SSSR count). The fourth-order valence-electron chi connectivity index (χ4n) is 2.48. The van der Waals surface area contributed by atoms with E-state index in [2.05, 4.69) is 4.98 Å². The Labute approximate surface area is 115 Å². The van der Waals surface area contributed by atoms with E-state index in [1.54, 1.807) is 7.05 Å². The molecule has 1 fully saturated rings. The summed E-state index contributed by atoms with van der Waals surface area (Å²) in [5.74, 6) is 0.298. The van der Waals surface area contributed by atoms with E-state index in [9.17, 15) is 13.2 Å². The molecule has 1 saturated carbocycles. The lowest BCUT2D eigenvalue weighted by atomic mass is 9.94. The lowest BCUT2D eigenvalue weighted by Crippen LogP contribution is -2.34. The molecule has 0 radical (unpaired) electrons. The monoisotopic (exact) mass is 292 g/mol. The molecule has 0 aliphatic heterocycles. The van der Waals surface area contributed by atoms with Gasteiger partial charge in [0.15, 0.2) is 0 Å². The highest BCUT2D eigenvalue weighted by atomic mass is 35.5. The summed E-state index contributed by atoms with van der Waals surface area (Å²) in [6.45, 7) is 0. The molecule has 1 heterocycles. The van der Waals surface area contributed by atoms with Crippen molar-refractivity contribution in [1.29, 1.82) is 0 Å². The SMILES string of the molecule is CN(c1cc(C(F)(F)F)cc(Cl)n1)C1CCCCC1. The predicted molar refractivity (Wildman–Crippen MR) is 69.5 cm³/mol. The molecule has 0 bridgehead atoms. The van der Waals surface area contributed by atoms with Crippen LogP contribution in [0.15, 0.2) is 12.1 Å². The van der Waals surface area contributed by atoms with Crippen molar-refractivity contribution < 1.29 is 13.2 Å². The molecule has 0 aromatic carbocycles. The number of anilines is 1. The van der Waals surface area contributed by atoms with Gasteiger partial charge in [-0.05, 0) is 25.0 Å². The molecule has 0 amide bonds. The van der Waals surface area contributed by atoms with E-state index in [0.29, 0.717) is 5.82 Å². The number of halogens is 4. The van der Waals surface area contributed by atoms with Gasteiger partial charge in [0.2, 0.25) is 0 Å². The molecule has 0 spiro atoms. The van der Waals surface area contributed by atoms with Crippen LogP contribution in [-0.4, -0.2) is 18.1 Å². The Balaban J connectivity index is 2.26. The summed E-state index contributed by atoms with van der Waals surface area (Å²) in [6, 6.07) is 2.18. The standard InChI is InChI=1S/C13H16ClF3N2/c1-19(10-5-3-2-4-6-10)12-8-9(13(15,16)17)7-11(14)18-12/h7-8,10H,2-6H2,1H3. The van der Waals surface area contributed by atoms with Crippen molar-refractivity contribution in [3.8, 4) is 0 Å². The quantitative estimate of drug-likeness (QED) is 0.745. The molecular weight excluding hydrogens is 277 g/mol. The van der Waals surface area contributed by atoms with E-state index < -0.39 is 11.7 Å². The maximum atomic E-state index is 12.7. The summed E-state index contributed by atoms with van der Waals surface area (Å²) in [5.41, 5.74) is -0.745. The van der Waals surface area contributed by atoms with Gasteiger partial charge in [0.25, 0.3) is 0 Å². The first-order chi connectivity index (χ1) is 8.88. The maximum Gasteiger partial charge on any atom is 0.416 e. The Hall–Kier alpha value is -0.970. The highest BCUT2D eigenvalue weighted by molar-refractivity contribution is 6.29. The van der Waals surface area contributed by atoms with Gasteiger partial charge in [0.1, 0.15) is 11.0 Å². The smallest absolute Gasteiger partial charge is 0.357 e. The molecular formula is C13H16ClF3N2. The highest BCUT2D eigenvalue weighted by Crippen LogP contribution is 2.34. The molecule has 0 unspecified atom stereocenters. The lowest BCUT2D eigenvalue weighted by Gasteiger charge is -2.32. The van der Waals surface area contributed by atoms with Crippen LogP contribution in [0.25, 0.3) is 0 Å². The third-order valence-electron chi connectivity index (χ3n) is 3.59. The number of hydrogen-bond acceptors (Lipinski definition) is 2. The number of aromatic nitrogens is 1. The van der Waals surface area contributed by atoms with E-state index >= 15 is 0 Å². The van der Waals surface area contributed by atoms with Crippen LogP contribution in [0.1, 0.15) is 37.7 Å². The van der Waals surface area contributed by atoms with Crippen molar-refractivity contribution in [2.75, 3.05) is 11.9 Å². The predicted octanol–water partition coefficient (Wildman–Crippen LogP) is 4.52. The third kappa shape index (κ3) is 3.53. The lowest BCUT2D eigenvalue weighted by molar-refractivity contribution is -0.137. The number of alkyl halides is 3. The van der Waals surface area contributed by atoms with Crippen molar-refractivity contribution in [3.63, 3.8) is 0 Å². The molecule has 106 valence electrons. The van der Waals surface area contributed by atoms with Crippen LogP contribution in [0.5, 0.6) is 0 Å². The Morgan fingerprint density at radius 1 is 1.21 bits per heavy atom. The second-order valence-electron chi connectivity index (χ2n) is 4.94. The zero-order chi connectivity index (χ0) is 14.0. The van der Waals surface area contributed by atoms with Gasteiger partial charge >= 0.3 is 6.18 Å². The molecule has 0 saturated heterocycles. The third-order valence-corrected chi connectivity index (χ3v) is 3.79. The molecule has 1 aliphatic carbocycles. The fourth-order valence-corrected chi connectivity index (χ4v) is 2.69. The minimum absolute atomic E-state index is 0.118. The van der Waals surface area contributed by atoms with E-state index in [1.165, 1.54) is 6.42 Å². The summed E-state index contributed by atoms with van der Waals surface area (Å²) in [5, 5.41) is -0.118. The molecule has 6 heteroatoms. The summed E-state index contributed by atoms with van der Waals surface area (Å²) in [4.78, 5) is 5.83. The second-order valence-corrected chi connectivity index (χ2v) is 5.32. The van der Waals surface area contributed by atoms with Gasteiger partial charge in [-0.25, -0.2) is 4.98 Å². The molecule has 0 atom stereocenters. The van der Waals surface area contributed by atoms with Gasteiger partial charge in [0.05, 0.1) is 5.56 Å². The van der Waals surface area contributed by atoms with Gasteiger partial charge in [-0.2, -0.15) is 13.2 Å². The number of nitrogens with zero attached hydrogens (tertiary/aromatic N) is 2. The molecule has 1 aliphatic rings. The van der Waals surface area contributed by atoms with Crippen LogP contribution >= 0.6 is 11.6 Å². The summed E-state index contributed by atoms with van der Waals surface area (Å²) < 4.78 is 38.2. The summed E-state index contributed by atoms with van der Waals surface area (Å²) >= 11 is 5.70. The summed E-state index contributed by atoms with van der Waals surface area (Å²) in [6.07, 6.45) is 1.01. The largest absolute Gasteiger partial charge is 0.416 e. The van der Waals surface area contributed by atoms with E-state index in [0.717, 1.165) is 37.8 Å². The topological polar surface area (TPSA) is 16.1 Å². The van der Waals surface area contributed by atoms with Gasteiger partial charge in [-0.3, -0.25) is 0 Å². The minimum Gasteiger partial charge on any atom is -0.357 e.